The molecule has 0 aliphatic heterocycles. The summed E-state index contributed by atoms with van der Waals surface area (Å²) in [6, 6.07) is 25.1. The topological polar surface area (TPSA) is 47.6 Å². The van der Waals surface area contributed by atoms with Gasteiger partial charge in [0.2, 0.25) is 0 Å². The van der Waals surface area contributed by atoms with E-state index in [1.54, 1.807) is 6.92 Å². The first kappa shape index (κ1) is 18.5. The molecule has 4 heteroatoms. The molecule has 0 saturated carbocycles. The number of benzene rings is 3. The average molecular weight is 361 g/mol. The van der Waals surface area contributed by atoms with Crippen molar-refractivity contribution in [2.24, 2.45) is 0 Å². The van der Waals surface area contributed by atoms with Gasteiger partial charge in [-0.15, -0.1) is 0 Å². The first-order valence-corrected chi connectivity index (χ1v) is 9.01. The minimum atomic E-state index is -0.612. The molecule has 27 heavy (non-hydrogen) atoms. The molecule has 1 N–H and O–H groups in total. The van der Waals surface area contributed by atoms with Gasteiger partial charge in [-0.05, 0) is 61.4 Å². The quantitative estimate of drug-likeness (QED) is 0.632. The summed E-state index contributed by atoms with van der Waals surface area (Å²) in [6.07, 6.45) is -0.612. The van der Waals surface area contributed by atoms with Gasteiger partial charge in [0.1, 0.15) is 11.5 Å². The van der Waals surface area contributed by atoms with Crippen LogP contribution in [-0.2, 0) is 4.79 Å². The van der Waals surface area contributed by atoms with Gasteiger partial charge in [0.25, 0.3) is 5.91 Å². The highest BCUT2D eigenvalue weighted by Crippen LogP contribution is 2.23. The first-order valence-electron chi connectivity index (χ1n) is 9.01. The lowest BCUT2D eigenvalue weighted by Crippen LogP contribution is -2.30. The molecule has 1 unspecified atom stereocenters. The number of anilines is 1. The van der Waals surface area contributed by atoms with Gasteiger partial charge in [0.05, 0.1) is 6.61 Å². The minimum Gasteiger partial charge on any atom is -0.494 e. The highest BCUT2D eigenvalue weighted by molar-refractivity contribution is 5.94. The smallest absolute Gasteiger partial charge is 0.265 e. The normalized spacial score (nSPS) is 11.5. The summed E-state index contributed by atoms with van der Waals surface area (Å²) in [7, 11) is 0. The van der Waals surface area contributed by atoms with Crippen LogP contribution in [0.25, 0.3) is 11.1 Å². The standard InChI is InChI=1S/C23H23NO3/c1-3-26-21-15-11-20(12-16-21)24-23(25)17(2)27-22-13-9-19(10-14-22)18-7-5-4-6-8-18/h4-17H,3H2,1-2H3,(H,24,25). The monoisotopic (exact) mass is 361 g/mol. The lowest BCUT2D eigenvalue weighted by molar-refractivity contribution is -0.122. The molecule has 3 aromatic rings. The fraction of sp³-hybridized carbons (Fsp3) is 0.174. The molecule has 1 amide bonds. The summed E-state index contributed by atoms with van der Waals surface area (Å²) >= 11 is 0. The van der Waals surface area contributed by atoms with E-state index in [-0.39, 0.29) is 5.91 Å². The highest BCUT2D eigenvalue weighted by atomic mass is 16.5. The third-order valence-electron chi connectivity index (χ3n) is 4.08. The second kappa shape index (κ2) is 8.90. The third kappa shape index (κ3) is 5.11. The van der Waals surface area contributed by atoms with Crippen molar-refractivity contribution in [2.75, 3.05) is 11.9 Å². The predicted octanol–water partition coefficient (Wildman–Crippen LogP) is 5.16. The molecule has 0 aliphatic rings. The number of hydrogen-bond donors (Lipinski definition) is 1. The number of ether oxygens (including phenoxy) is 2. The zero-order chi connectivity index (χ0) is 19.1. The van der Waals surface area contributed by atoms with Crippen LogP contribution in [0.3, 0.4) is 0 Å². The lowest BCUT2D eigenvalue weighted by Gasteiger charge is -2.15. The van der Waals surface area contributed by atoms with Crippen molar-refractivity contribution in [1.29, 1.82) is 0 Å². The Morgan fingerprint density at radius 2 is 1.44 bits per heavy atom. The van der Waals surface area contributed by atoms with Crippen molar-refractivity contribution in [2.45, 2.75) is 20.0 Å². The molecular weight excluding hydrogens is 338 g/mol. The molecule has 0 heterocycles. The summed E-state index contributed by atoms with van der Waals surface area (Å²) in [5.74, 6) is 1.23. The van der Waals surface area contributed by atoms with Crippen LogP contribution in [0.2, 0.25) is 0 Å². The van der Waals surface area contributed by atoms with E-state index in [0.717, 1.165) is 16.9 Å². The molecule has 0 fully saturated rings. The Balaban J connectivity index is 1.57. The molecule has 3 rings (SSSR count). The van der Waals surface area contributed by atoms with Crippen molar-refractivity contribution >= 4 is 11.6 Å². The Bertz CT molecular complexity index is 858. The maximum atomic E-state index is 12.3. The maximum absolute atomic E-state index is 12.3. The molecular formula is C23H23NO3. The molecule has 4 nitrogen and oxygen atoms in total. The number of rotatable bonds is 7. The third-order valence-corrected chi connectivity index (χ3v) is 4.08. The van der Waals surface area contributed by atoms with E-state index in [4.69, 9.17) is 9.47 Å². The largest absolute Gasteiger partial charge is 0.494 e. The molecule has 3 aromatic carbocycles. The fourth-order valence-electron chi connectivity index (χ4n) is 2.66. The van der Waals surface area contributed by atoms with E-state index in [9.17, 15) is 4.79 Å². The minimum absolute atomic E-state index is 0.203. The van der Waals surface area contributed by atoms with Gasteiger partial charge in [-0.3, -0.25) is 4.79 Å². The van der Waals surface area contributed by atoms with Crippen molar-refractivity contribution in [1.82, 2.24) is 0 Å². The molecule has 0 bridgehead atoms. The average Bonchev–Trinajstić information content (AvgIpc) is 2.71. The first-order chi connectivity index (χ1) is 13.2. The SMILES string of the molecule is CCOc1ccc(NC(=O)C(C)Oc2ccc(-c3ccccc3)cc2)cc1. The second-order valence-electron chi connectivity index (χ2n) is 6.10. The van der Waals surface area contributed by atoms with Crippen molar-refractivity contribution in [3.8, 4) is 22.6 Å². The van der Waals surface area contributed by atoms with Gasteiger partial charge in [0, 0.05) is 5.69 Å². The molecule has 0 saturated heterocycles. The summed E-state index contributed by atoms with van der Waals surface area (Å²) in [5.41, 5.74) is 2.96. The Labute approximate surface area is 159 Å². The highest BCUT2D eigenvalue weighted by Gasteiger charge is 2.15. The number of nitrogens with one attached hydrogen (secondary N) is 1. The summed E-state index contributed by atoms with van der Waals surface area (Å²) in [5, 5.41) is 2.85. The zero-order valence-electron chi connectivity index (χ0n) is 15.5. The van der Waals surface area contributed by atoms with E-state index in [1.807, 2.05) is 73.7 Å². The molecule has 0 aliphatic carbocycles. The van der Waals surface area contributed by atoms with Crippen LogP contribution in [0.1, 0.15) is 13.8 Å². The van der Waals surface area contributed by atoms with E-state index in [2.05, 4.69) is 17.4 Å². The van der Waals surface area contributed by atoms with Crippen molar-refractivity contribution in [3.05, 3.63) is 78.9 Å². The molecule has 138 valence electrons. The Morgan fingerprint density at radius 1 is 0.852 bits per heavy atom. The predicted molar refractivity (Wildman–Crippen MR) is 108 cm³/mol. The second-order valence-corrected chi connectivity index (χ2v) is 6.10. The van der Waals surface area contributed by atoms with Gasteiger partial charge in [-0.25, -0.2) is 0 Å². The Hall–Kier alpha value is -3.27. The van der Waals surface area contributed by atoms with Gasteiger partial charge >= 0.3 is 0 Å². The molecule has 0 radical (unpaired) electrons. The molecule has 0 spiro atoms. The van der Waals surface area contributed by atoms with Crippen molar-refractivity contribution < 1.29 is 14.3 Å². The van der Waals surface area contributed by atoms with Gasteiger partial charge in [-0.2, -0.15) is 0 Å². The number of hydrogen-bond acceptors (Lipinski definition) is 3. The van der Waals surface area contributed by atoms with E-state index >= 15 is 0 Å². The van der Waals surface area contributed by atoms with Gasteiger partial charge in [0.15, 0.2) is 6.10 Å². The number of amides is 1. The number of carbonyl (C=O) groups excluding carboxylic acids is 1. The van der Waals surface area contributed by atoms with E-state index < -0.39 is 6.10 Å². The van der Waals surface area contributed by atoms with Crippen LogP contribution in [0.4, 0.5) is 5.69 Å². The fourth-order valence-corrected chi connectivity index (χ4v) is 2.66. The van der Waals surface area contributed by atoms with Crippen molar-refractivity contribution in [3.63, 3.8) is 0 Å². The van der Waals surface area contributed by atoms with Crippen LogP contribution in [0.15, 0.2) is 78.9 Å². The van der Waals surface area contributed by atoms with E-state index in [1.165, 1.54) is 0 Å². The number of carbonyl (C=O) groups is 1. The summed E-state index contributed by atoms with van der Waals surface area (Å²) in [6.45, 7) is 4.27. The Morgan fingerprint density at radius 3 is 2.07 bits per heavy atom. The van der Waals surface area contributed by atoms with Crippen LogP contribution in [0.5, 0.6) is 11.5 Å². The Kier molecular flexibility index (Phi) is 6.10. The molecule has 0 aromatic heterocycles. The maximum Gasteiger partial charge on any atom is 0.265 e. The van der Waals surface area contributed by atoms with Crippen LogP contribution in [-0.4, -0.2) is 18.6 Å². The van der Waals surface area contributed by atoms with Crippen LogP contribution < -0.4 is 14.8 Å². The zero-order valence-corrected chi connectivity index (χ0v) is 15.5. The molecule has 1 atom stereocenters. The summed E-state index contributed by atoms with van der Waals surface area (Å²) in [4.78, 5) is 12.3. The van der Waals surface area contributed by atoms with E-state index in [0.29, 0.717) is 18.0 Å². The van der Waals surface area contributed by atoms with Gasteiger partial charge < -0.3 is 14.8 Å². The summed E-state index contributed by atoms with van der Waals surface area (Å²) < 4.78 is 11.2. The van der Waals surface area contributed by atoms with Crippen LogP contribution >= 0.6 is 0 Å². The van der Waals surface area contributed by atoms with Crippen LogP contribution in [0, 0.1) is 0 Å². The van der Waals surface area contributed by atoms with Gasteiger partial charge in [-0.1, -0.05) is 42.5 Å². The lowest BCUT2D eigenvalue weighted by atomic mass is 10.1.